The fourth-order valence-electron chi connectivity index (χ4n) is 2.99. The lowest BCUT2D eigenvalue weighted by Crippen LogP contribution is -2.31. The van der Waals surface area contributed by atoms with E-state index in [0.717, 1.165) is 25.3 Å². The first kappa shape index (κ1) is 14.6. The summed E-state index contributed by atoms with van der Waals surface area (Å²) in [7, 11) is 0. The van der Waals surface area contributed by atoms with Crippen LogP contribution in [-0.4, -0.2) is 16.5 Å². The van der Waals surface area contributed by atoms with Gasteiger partial charge in [0.2, 0.25) is 0 Å². The van der Waals surface area contributed by atoms with Crippen LogP contribution in [0.25, 0.3) is 0 Å². The van der Waals surface area contributed by atoms with Crippen molar-refractivity contribution in [3.8, 4) is 0 Å². The third-order valence-corrected chi connectivity index (χ3v) is 4.20. The number of benzene rings is 2. The molecule has 0 aliphatic carbocycles. The average Bonchev–Trinajstić information content (AvgIpc) is 2.61. The molecule has 1 N–H and O–H groups in total. The van der Waals surface area contributed by atoms with Crippen LogP contribution in [0.1, 0.15) is 11.1 Å². The Morgan fingerprint density at radius 1 is 0.958 bits per heavy atom. The summed E-state index contributed by atoms with van der Waals surface area (Å²) >= 11 is 0. The summed E-state index contributed by atoms with van der Waals surface area (Å²) in [5.41, 5.74) is 3.41. The Kier molecular flexibility index (Phi) is 3.83. The van der Waals surface area contributed by atoms with E-state index in [2.05, 4.69) is 44.5 Å². The Morgan fingerprint density at radius 3 is 2.71 bits per heavy atom. The molecular formula is C19H17FN4. The Labute approximate surface area is 140 Å². The third-order valence-electron chi connectivity index (χ3n) is 4.20. The van der Waals surface area contributed by atoms with E-state index in [-0.39, 0.29) is 5.82 Å². The number of nitrogens with one attached hydrogen (secondary N) is 1. The zero-order chi connectivity index (χ0) is 16.4. The Balaban J connectivity index is 1.55. The largest absolute Gasteiger partial charge is 0.352 e. The van der Waals surface area contributed by atoms with Crippen LogP contribution in [0.4, 0.5) is 21.7 Å². The molecular weight excluding hydrogens is 303 g/mol. The first-order chi connectivity index (χ1) is 11.8. The molecule has 0 bridgehead atoms. The second-order valence-corrected chi connectivity index (χ2v) is 5.84. The van der Waals surface area contributed by atoms with Crippen molar-refractivity contribution in [1.29, 1.82) is 0 Å². The maximum Gasteiger partial charge on any atom is 0.135 e. The number of fused-ring (bicyclic) bond motifs is 1. The number of hydrogen-bond acceptors (Lipinski definition) is 4. The predicted molar refractivity (Wildman–Crippen MR) is 92.9 cm³/mol. The molecule has 0 radical (unpaired) electrons. The molecule has 3 aromatic rings. The summed E-state index contributed by atoms with van der Waals surface area (Å²) in [6.07, 6.45) is 2.55. The Morgan fingerprint density at radius 2 is 1.83 bits per heavy atom. The maximum absolute atomic E-state index is 13.3. The van der Waals surface area contributed by atoms with Crippen LogP contribution in [0.15, 0.2) is 60.9 Å². The number of aromatic nitrogens is 2. The summed E-state index contributed by atoms with van der Waals surface area (Å²) in [5, 5.41) is 3.13. The SMILES string of the molecule is Fc1cccc(Nc2cc(N3CCc4ccccc4C3)ncn2)c1. The molecule has 0 spiro atoms. The van der Waals surface area contributed by atoms with Gasteiger partial charge in [-0.15, -0.1) is 0 Å². The normalized spacial score (nSPS) is 13.5. The standard InChI is InChI=1S/C19H17FN4/c20-16-6-3-7-17(10-16)23-18-11-19(22-13-21-18)24-9-8-14-4-1-2-5-15(14)12-24/h1-7,10-11,13H,8-9,12H2,(H,21,22,23). The smallest absolute Gasteiger partial charge is 0.135 e. The monoisotopic (exact) mass is 320 g/mol. The molecule has 0 saturated carbocycles. The summed E-state index contributed by atoms with van der Waals surface area (Å²) in [4.78, 5) is 10.9. The second-order valence-electron chi connectivity index (χ2n) is 5.84. The molecule has 2 aromatic carbocycles. The molecule has 0 saturated heterocycles. The number of anilines is 3. The van der Waals surface area contributed by atoms with Crippen molar-refractivity contribution in [3.05, 3.63) is 77.9 Å². The van der Waals surface area contributed by atoms with Crippen LogP contribution < -0.4 is 10.2 Å². The topological polar surface area (TPSA) is 41.0 Å². The highest BCUT2D eigenvalue weighted by molar-refractivity contribution is 5.59. The first-order valence-corrected chi connectivity index (χ1v) is 7.94. The van der Waals surface area contributed by atoms with E-state index in [4.69, 9.17) is 0 Å². The van der Waals surface area contributed by atoms with Crippen LogP contribution in [0.5, 0.6) is 0 Å². The average molecular weight is 320 g/mol. The van der Waals surface area contributed by atoms with Crippen molar-refractivity contribution in [1.82, 2.24) is 9.97 Å². The highest BCUT2D eigenvalue weighted by Gasteiger charge is 2.17. The van der Waals surface area contributed by atoms with E-state index in [1.807, 2.05) is 12.1 Å². The molecule has 2 heterocycles. The fraction of sp³-hybridized carbons (Fsp3) is 0.158. The van der Waals surface area contributed by atoms with Gasteiger partial charge in [-0.3, -0.25) is 0 Å². The van der Waals surface area contributed by atoms with Crippen molar-refractivity contribution < 1.29 is 4.39 Å². The third kappa shape index (κ3) is 3.06. The number of nitrogens with zero attached hydrogens (tertiary/aromatic N) is 3. The van der Waals surface area contributed by atoms with Crippen molar-refractivity contribution >= 4 is 17.3 Å². The lowest BCUT2D eigenvalue weighted by molar-refractivity contribution is 0.628. The molecule has 120 valence electrons. The molecule has 0 unspecified atom stereocenters. The van der Waals surface area contributed by atoms with Gasteiger partial charge < -0.3 is 10.2 Å². The van der Waals surface area contributed by atoms with Gasteiger partial charge in [0.25, 0.3) is 0 Å². The summed E-state index contributed by atoms with van der Waals surface area (Å²) in [6, 6.07) is 16.7. The number of hydrogen-bond donors (Lipinski definition) is 1. The zero-order valence-electron chi connectivity index (χ0n) is 13.1. The van der Waals surface area contributed by atoms with E-state index in [1.165, 1.54) is 29.6 Å². The number of rotatable bonds is 3. The molecule has 0 atom stereocenters. The van der Waals surface area contributed by atoms with Gasteiger partial charge in [0, 0.05) is 24.8 Å². The van der Waals surface area contributed by atoms with Crippen LogP contribution in [0, 0.1) is 5.82 Å². The highest BCUT2D eigenvalue weighted by atomic mass is 19.1. The summed E-state index contributed by atoms with van der Waals surface area (Å²) in [5.74, 6) is 1.25. The fourth-order valence-corrected chi connectivity index (χ4v) is 2.99. The van der Waals surface area contributed by atoms with Gasteiger partial charge in [-0.25, -0.2) is 14.4 Å². The molecule has 4 nitrogen and oxygen atoms in total. The van der Waals surface area contributed by atoms with E-state index in [0.29, 0.717) is 11.5 Å². The molecule has 24 heavy (non-hydrogen) atoms. The molecule has 1 aliphatic rings. The minimum absolute atomic E-state index is 0.276. The lowest BCUT2D eigenvalue weighted by Gasteiger charge is -2.29. The van der Waals surface area contributed by atoms with Gasteiger partial charge in [0.05, 0.1) is 0 Å². The van der Waals surface area contributed by atoms with E-state index < -0.39 is 0 Å². The van der Waals surface area contributed by atoms with Crippen molar-refractivity contribution in [2.75, 3.05) is 16.8 Å². The van der Waals surface area contributed by atoms with Crippen molar-refractivity contribution in [3.63, 3.8) is 0 Å². The molecule has 5 heteroatoms. The molecule has 4 rings (SSSR count). The van der Waals surface area contributed by atoms with Crippen LogP contribution in [0.2, 0.25) is 0 Å². The summed E-state index contributed by atoms with van der Waals surface area (Å²) in [6.45, 7) is 1.76. The number of halogens is 1. The van der Waals surface area contributed by atoms with Crippen LogP contribution in [-0.2, 0) is 13.0 Å². The van der Waals surface area contributed by atoms with E-state index in [9.17, 15) is 4.39 Å². The Hall–Kier alpha value is -2.95. The summed E-state index contributed by atoms with van der Waals surface area (Å²) < 4.78 is 13.3. The molecule has 1 aromatic heterocycles. The minimum atomic E-state index is -0.276. The zero-order valence-corrected chi connectivity index (χ0v) is 13.1. The molecule has 1 aliphatic heterocycles. The van der Waals surface area contributed by atoms with Gasteiger partial charge in [-0.2, -0.15) is 0 Å². The van der Waals surface area contributed by atoms with Gasteiger partial charge in [0.1, 0.15) is 23.8 Å². The van der Waals surface area contributed by atoms with Gasteiger partial charge in [0.15, 0.2) is 0 Å². The quantitative estimate of drug-likeness (QED) is 0.794. The maximum atomic E-state index is 13.3. The van der Waals surface area contributed by atoms with E-state index >= 15 is 0 Å². The van der Waals surface area contributed by atoms with Crippen molar-refractivity contribution in [2.45, 2.75) is 13.0 Å². The molecule has 0 amide bonds. The van der Waals surface area contributed by atoms with E-state index in [1.54, 1.807) is 6.07 Å². The van der Waals surface area contributed by atoms with Crippen molar-refractivity contribution in [2.24, 2.45) is 0 Å². The van der Waals surface area contributed by atoms with Gasteiger partial charge >= 0.3 is 0 Å². The van der Waals surface area contributed by atoms with Gasteiger partial charge in [-0.1, -0.05) is 30.3 Å². The predicted octanol–water partition coefficient (Wildman–Crippen LogP) is 3.92. The Bertz CT molecular complexity index is 865. The van der Waals surface area contributed by atoms with Crippen LogP contribution in [0.3, 0.4) is 0 Å². The second kappa shape index (κ2) is 6.28. The minimum Gasteiger partial charge on any atom is -0.352 e. The molecule has 0 fully saturated rings. The highest BCUT2D eigenvalue weighted by Crippen LogP contribution is 2.25. The first-order valence-electron chi connectivity index (χ1n) is 7.94. The lowest BCUT2D eigenvalue weighted by atomic mass is 10.00. The van der Waals surface area contributed by atoms with Crippen LogP contribution >= 0.6 is 0 Å². The van der Waals surface area contributed by atoms with Gasteiger partial charge in [-0.05, 0) is 35.7 Å².